The number of phenolic OH excluding ortho intramolecular Hbond substituents is 1. The van der Waals surface area contributed by atoms with E-state index in [-0.39, 0.29) is 17.7 Å². The van der Waals surface area contributed by atoms with Crippen LogP contribution in [0.15, 0.2) is 85.7 Å². The van der Waals surface area contributed by atoms with Gasteiger partial charge in [0.2, 0.25) is 0 Å². The number of hydrogen-bond acceptors (Lipinski definition) is 5. The summed E-state index contributed by atoms with van der Waals surface area (Å²) in [4.78, 5) is 19.3. The minimum atomic E-state index is -0.387. The zero-order valence-corrected chi connectivity index (χ0v) is 17.8. The number of H-pyrrole nitrogens is 1. The third kappa shape index (κ3) is 3.74. The zero-order valence-electron chi connectivity index (χ0n) is 17.8. The molecule has 7 heteroatoms. The number of benzene rings is 2. The summed E-state index contributed by atoms with van der Waals surface area (Å²) in [5, 5.41) is 17.8. The summed E-state index contributed by atoms with van der Waals surface area (Å²) in [7, 11) is 0. The van der Waals surface area contributed by atoms with Crippen molar-refractivity contribution >= 4 is 5.91 Å². The Hall–Kier alpha value is -4.39. The quantitative estimate of drug-likeness (QED) is 0.415. The number of ether oxygens (including phenoxy) is 1. The summed E-state index contributed by atoms with van der Waals surface area (Å²) < 4.78 is 5.62. The van der Waals surface area contributed by atoms with Crippen molar-refractivity contribution in [3.63, 3.8) is 0 Å². The molecule has 4 aromatic rings. The maximum atomic E-state index is 13.5. The second-order valence-corrected chi connectivity index (χ2v) is 7.74. The van der Waals surface area contributed by atoms with Gasteiger partial charge in [0.05, 0.1) is 6.04 Å². The Kier molecular flexibility index (Phi) is 5.36. The number of phenols is 1. The van der Waals surface area contributed by atoms with Crippen LogP contribution in [0, 0.1) is 0 Å². The van der Waals surface area contributed by atoms with Crippen LogP contribution < -0.4 is 4.74 Å². The standard InChI is InChI=1S/C26H22N4O3/c1-2-15-33-19-9-7-18(8-10-19)25-22-23(20-5-3-4-6-21(20)31)28-29-24(22)26(32)30(25)16-17-11-13-27-14-12-17/h2-14,25,31H,1,15-16H2,(H,28,29). The Morgan fingerprint density at radius 2 is 1.85 bits per heavy atom. The van der Waals surface area contributed by atoms with E-state index < -0.39 is 0 Å². The molecule has 1 atom stereocenters. The molecule has 0 aliphatic carbocycles. The molecule has 33 heavy (non-hydrogen) atoms. The fourth-order valence-electron chi connectivity index (χ4n) is 4.17. The van der Waals surface area contributed by atoms with Gasteiger partial charge in [0, 0.05) is 30.1 Å². The maximum absolute atomic E-state index is 13.5. The lowest BCUT2D eigenvalue weighted by Gasteiger charge is -2.26. The molecule has 3 heterocycles. The van der Waals surface area contributed by atoms with E-state index in [1.807, 2.05) is 42.5 Å². The van der Waals surface area contributed by atoms with Crippen molar-refractivity contribution in [3.8, 4) is 22.8 Å². The van der Waals surface area contributed by atoms with Gasteiger partial charge < -0.3 is 14.7 Å². The fraction of sp³-hybridized carbons (Fsp3) is 0.115. The number of amides is 1. The second-order valence-electron chi connectivity index (χ2n) is 7.74. The molecule has 7 nitrogen and oxygen atoms in total. The minimum absolute atomic E-state index is 0.110. The molecule has 1 unspecified atom stereocenters. The van der Waals surface area contributed by atoms with E-state index in [2.05, 4.69) is 21.8 Å². The van der Waals surface area contributed by atoms with E-state index >= 15 is 0 Å². The number of aromatic amines is 1. The number of aromatic hydroxyl groups is 1. The molecule has 1 aliphatic heterocycles. The number of fused-ring (bicyclic) bond motifs is 1. The van der Waals surface area contributed by atoms with Gasteiger partial charge in [0.25, 0.3) is 5.91 Å². The van der Waals surface area contributed by atoms with Crippen molar-refractivity contribution in [1.29, 1.82) is 0 Å². The first-order valence-electron chi connectivity index (χ1n) is 10.6. The number of pyridine rings is 1. The Morgan fingerprint density at radius 1 is 1.09 bits per heavy atom. The fourth-order valence-corrected chi connectivity index (χ4v) is 4.17. The molecule has 0 bridgehead atoms. The summed E-state index contributed by atoms with van der Waals surface area (Å²) in [5.41, 5.74) is 4.20. The van der Waals surface area contributed by atoms with Crippen molar-refractivity contribution in [2.45, 2.75) is 12.6 Å². The number of para-hydroxylation sites is 1. The number of aromatic nitrogens is 3. The van der Waals surface area contributed by atoms with E-state index in [9.17, 15) is 9.90 Å². The van der Waals surface area contributed by atoms with Gasteiger partial charge >= 0.3 is 0 Å². The van der Waals surface area contributed by atoms with Crippen molar-refractivity contribution in [2.75, 3.05) is 6.61 Å². The van der Waals surface area contributed by atoms with Gasteiger partial charge in [-0.15, -0.1) is 0 Å². The molecule has 2 aromatic heterocycles. The average Bonchev–Trinajstić information content (AvgIpc) is 3.38. The lowest BCUT2D eigenvalue weighted by atomic mass is 9.95. The number of carbonyl (C=O) groups is 1. The number of nitrogens with zero attached hydrogens (tertiary/aromatic N) is 3. The smallest absolute Gasteiger partial charge is 0.273 e. The summed E-state index contributed by atoms with van der Waals surface area (Å²) in [6.07, 6.45) is 5.12. The maximum Gasteiger partial charge on any atom is 0.273 e. The lowest BCUT2D eigenvalue weighted by molar-refractivity contribution is 0.0730. The Bertz CT molecular complexity index is 1300. The first-order valence-corrected chi connectivity index (χ1v) is 10.6. The van der Waals surface area contributed by atoms with Gasteiger partial charge in [0.1, 0.15) is 29.5 Å². The third-order valence-electron chi connectivity index (χ3n) is 5.69. The predicted molar refractivity (Wildman–Crippen MR) is 124 cm³/mol. The molecule has 0 radical (unpaired) electrons. The van der Waals surface area contributed by atoms with Crippen molar-refractivity contribution < 1.29 is 14.6 Å². The SMILES string of the molecule is C=CCOc1ccc(C2c3c(-c4ccccc4O)n[nH]c3C(=O)N2Cc2ccncc2)cc1. The van der Waals surface area contributed by atoms with E-state index in [1.54, 1.807) is 41.6 Å². The molecule has 164 valence electrons. The number of hydrogen-bond donors (Lipinski definition) is 2. The highest BCUT2D eigenvalue weighted by Gasteiger charge is 2.42. The monoisotopic (exact) mass is 438 g/mol. The average molecular weight is 438 g/mol. The molecule has 2 N–H and O–H groups in total. The van der Waals surface area contributed by atoms with Gasteiger partial charge in [-0.2, -0.15) is 5.10 Å². The van der Waals surface area contributed by atoms with Crippen LogP contribution in [0.25, 0.3) is 11.3 Å². The van der Waals surface area contributed by atoms with E-state index in [1.165, 1.54) is 0 Å². The Balaban J connectivity index is 1.61. The summed E-state index contributed by atoms with van der Waals surface area (Å²) >= 11 is 0. The molecule has 5 rings (SSSR count). The van der Waals surface area contributed by atoms with Crippen LogP contribution in [-0.4, -0.2) is 37.7 Å². The normalized spacial score (nSPS) is 14.8. The Labute approximate surface area is 191 Å². The molecule has 0 spiro atoms. The largest absolute Gasteiger partial charge is 0.507 e. The molecule has 1 aliphatic rings. The molecule has 0 saturated heterocycles. The van der Waals surface area contributed by atoms with Crippen LogP contribution in [-0.2, 0) is 6.54 Å². The predicted octanol–water partition coefficient (Wildman–Crippen LogP) is 4.49. The third-order valence-corrected chi connectivity index (χ3v) is 5.69. The molecule has 0 fully saturated rings. The van der Waals surface area contributed by atoms with Crippen LogP contribution >= 0.6 is 0 Å². The molecular weight excluding hydrogens is 416 g/mol. The molecule has 1 amide bonds. The van der Waals surface area contributed by atoms with Crippen LogP contribution in [0.3, 0.4) is 0 Å². The number of carbonyl (C=O) groups excluding carboxylic acids is 1. The highest BCUT2D eigenvalue weighted by molar-refractivity contribution is 6.00. The zero-order chi connectivity index (χ0) is 22.8. The van der Waals surface area contributed by atoms with Gasteiger partial charge in [-0.1, -0.05) is 36.9 Å². The van der Waals surface area contributed by atoms with Gasteiger partial charge in [0.15, 0.2) is 0 Å². The highest BCUT2D eigenvalue weighted by atomic mass is 16.5. The summed E-state index contributed by atoms with van der Waals surface area (Å²) in [5.74, 6) is 0.684. The van der Waals surface area contributed by atoms with E-state index in [0.717, 1.165) is 22.4 Å². The van der Waals surface area contributed by atoms with Crippen LogP contribution in [0.1, 0.15) is 33.2 Å². The minimum Gasteiger partial charge on any atom is -0.507 e. The lowest BCUT2D eigenvalue weighted by Crippen LogP contribution is -2.29. The van der Waals surface area contributed by atoms with Gasteiger partial charge in [-0.05, 0) is 47.5 Å². The van der Waals surface area contributed by atoms with Crippen LogP contribution in [0.4, 0.5) is 0 Å². The molecular formula is C26H22N4O3. The van der Waals surface area contributed by atoms with Crippen molar-refractivity contribution in [2.24, 2.45) is 0 Å². The van der Waals surface area contributed by atoms with Crippen LogP contribution in [0.5, 0.6) is 11.5 Å². The van der Waals surface area contributed by atoms with Gasteiger partial charge in [-0.25, -0.2) is 0 Å². The topological polar surface area (TPSA) is 91.3 Å². The molecule has 2 aromatic carbocycles. The Morgan fingerprint density at radius 3 is 2.58 bits per heavy atom. The number of nitrogens with one attached hydrogen (secondary N) is 1. The first kappa shape index (κ1) is 20.5. The number of rotatable bonds is 7. The first-order chi connectivity index (χ1) is 16.2. The highest BCUT2D eigenvalue weighted by Crippen LogP contribution is 2.45. The summed E-state index contributed by atoms with van der Waals surface area (Å²) in [6, 6.07) is 18.1. The summed E-state index contributed by atoms with van der Waals surface area (Å²) in [6.45, 7) is 4.50. The van der Waals surface area contributed by atoms with E-state index in [0.29, 0.717) is 30.1 Å². The van der Waals surface area contributed by atoms with Crippen LogP contribution in [0.2, 0.25) is 0 Å². The van der Waals surface area contributed by atoms with Crippen molar-refractivity contribution in [3.05, 3.63) is 108 Å². The van der Waals surface area contributed by atoms with Gasteiger partial charge in [-0.3, -0.25) is 14.9 Å². The van der Waals surface area contributed by atoms with E-state index in [4.69, 9.17) is 4.74 Å². The second kappa shape index (κ2) is 8.63. The van der Waals surface area contributed by atoms with Crippen molar-refractivity contribution in [1.82, 2.24) is 20.1 Å². The molecule has 0 saturated carbocycles.